The number of phenolic OH excluding ortho intramolecular Hbond substituents is 1. The molecule has 0 aromatic heterocycles. The third-order valence-corrected chi connectivity index (χ3v) is 5.69. The monoisotopic (exact) mass is 466 g/mol. The predicted octanol–water partition coefficient (Wildman–Crippen LogP) is 5.45. The molecule has 0 radical (unpaired) electrons. The molecule has 3 rings (SSSR count). The Hall–Kier alpha value is -3.48. The van der Waals surface area contributed by atoms with Crippen molar-refractivity contribution < 1.29 is 33.8 Å². The standard InChI is InChI=1S/C27H30O7/c1-4-6-8-10-22(29)33-20-13-16(3)12-18-24(20)27(32)25-19(26(18)31)14-17(28)15-21(25)34-23(30)11-9-7-5-2/h12-15,28H,4-11H2,1-3H3. The van der Waals surface area contributed by atoms with E-state index in [0.717, 1.165) is 31.7 Å². The maximum absolute atomic E-state index is 13.6. The minimum atomic E-state index is -0.600. The van der Waals surface area contributed by atoms with E-state index >= 15 is 0 Å². The first-order chi connectivity index (χ1) is 16.3. The van der Waals surface area contributed by atoms with Gasteiger partial charge >= 0.3 is 11.9 Å². The number of unbranched alkanes of at least 4 members (excludes halogenated alkanes) is 4. The second kappa shape index (κ2) is 11.1. The van der Waals surface area contributed by atoms with E-state index < -0.39 is 23.5 Å². The lowest BCUT2D eigenvalue weighted by atomic mass is 9.82. The maximum atomic E-state index is 13.6. The third-order valence-electron chi connectivity index (χ3n) is 5.69. The lowest BCUT2D eigenvalue weighted by Crippen LogP contribution is -2.24. The number of benzene rings is 2. The zero-order valence-corrected chi connectivity index (χ0v) is 19.9. The zero-order valence-electron chi connectivity index (χ0n) is 19.9. The smallest absolute Gasteiger partial charge is 0.311 e. The van der Waals surface area contributed by atoms with Gasteiger partial charge in [0.15, 0.2) is 5.78 Å². The molecule has 2 aromatic carbocycles. The predicted molar refractivity (Wildman–Crippen MR) is 126 cm³/mol. The van der Waals surface area contributed by atoms with Gasteiger partial charge in [0.1, 0.15) is 17.2 Å². The summed E-state index contributed by atoms with van der Waals surface area (Å²) in [5, 5.41) is 10.2. The summed E-state index contributed by atoms with van der Waals surface area (Å²) < 4.78 is 10.9. The van der Waals surface area contributed by atoms with Crippen molar-refractivity contribution in [2.75, 3.05) is 0 Å². The van der Waals surface area contributed by atoms with E-state index in [-0.39, 0.29) is 52.3 Å². The van der Waals surface area contributed by atoms with Gasteiger partial charge < -0.3 is 14.6 Å². The number of phenols is 1. The fraction of sp³-hybridized carbons (Fsp3) is 0.407. The molecule has 7 heteroatoms. The van der Waals surface area contributed by atoms with E-state index in [2.05, 4.69) is 0 Å². The Morgan fingerprint density at radius 1 is 0.735 bits per heavy atom. The molecule has 1 N–H and O–H groups in total. The van der Waals surface area contributed by atoms with Crippen LogP contribution in [0.3, 0.4) is 0 Å². The van der Waals surface area contributed by atoms with Gasteiger partial charge in [-0.2, -0.15) is 0 Å². The number of hydrogen-bond donors (Lipinski definition) is 1. The number of ether oxygens (including phenoxy) is 2. The van der Waals surface area contributed by atoms with Crippen LogP contribution < -0.4 is 9.47 Å². The van der Waals surface area contributed by atoms with Crippen molar-refractivity contribution >= 4 is 23.5 Å². The number of aromatic hydroxyl groups is 1. The second-order valence-corrected chi connectivity index (χ2v) is 8.57. The van der Waals surface area contributed by atoms with E-state index in [0.29, 0.717) is 18.4 Å². The largest absolute Gasteiger partial charge is 0.508 e. The number of carbonyl (C=O) groups is 4. The van der Waals surface area contributed by atoms with E-state index in [4.69, 9.17) is 9.47 Å². The number of esters is 2. The van der Waals surface area contributed by atoms with Crippen LogP contribution in [0.25, 0.3) is 0 Å². The van der Waals surface area contributed by atoms with Crippen LogP contribution in [0.15, 0.2) is 24.3 Å². The summed E-state index contributed by atoms with van der Waals surface area (Å²) in [6.45, 7) is 5.76. The fourth-order valence-corrected chi connectivity index (χ4v) is 4.00. The van der Waals surface area contributed by atoms with Crippen LogP contribution in [0.5, 0.6) is 17.2 Å². The van der Waals surface area contributed by atoms with Crippen molar-refractivity contribution in [3.05, 3.63) is 52.1 Å². The molecule has 0 saturated carbocycles. The summed E-state index contributed by atoms with van der Waals surface area (Å²) in [4.78, 5) is 51.6. The van der Waals surface area contributed by atoms with Crippen molar-refractivity contribution in [2.24, 2.45) is 0 Å². The maximum Gasteiger partial charge on any atom is 0.311 e. The van der Waals surface area contributed by atoms with Gasteiger partial charge in [0.05, 0.1) is 11.1 Å². The number of hydrogen-bond acceptors (Lipinski definition) is 7. The summed E-state index contributed by atoms with van der Waals surface area (Å²) in [6, 6.07) is 5.43. The van der Waals surface area contributed by atoms with Gasteiger partial charge in [-0.1, -0.05) is 39.5 Å². The molecule has 1 aliphatic rings. The van der Waals surface area contributed by atoms with E-state index in [1.54, 1.807) is 19.1 Å². The normalized spacial score (nSPS) is 12.2. The van der Waals surface area contributed by atoms with Crippen molar-refractivity contribution in [3.8, 4) is 17.2 Å². The molecule has 1 aliphatic carbocycles. The number of carbonyl (C=O) groups excluding carboxylic acids is 4. The molecule has 0 aliphatic heterocycles. The number of fused-ring (bicyclic) bond motifs is 2. The summed E-state index contributed by atoms with van der Waals surface area (Å²) >= 11 is 0. The first kappa shape index (κ1) is 25.1. The van der Waals surface area contributed by atoms with Gasteiger partial charge in [-0.05, 0) is 43.5 Å². The van der Waals surface area contributed by atoms with Crippen LogP contribution in [0, 0.1) is 6.92 Å². The Kier molecular flexibility index (Phi) is 8.21. The summed E-state index contributed by atoms with van der Waals surface area (Å²) in [7, 11) is 0. The lowest BCUT2D eigenvalue weighted by molar-refractivity contribution is -0.135. The zero-order chi connectivity index (χ0) is 24.8. The van der Waals surface area contributed by atoms with Gasteiger partial charge in [-0.3, -0.25) is 19.2 Å². The molecule has 0 amide bonds. The summed E-state index contributed by atoms with van der Waals surface area (Å²) in [6.07, 6.45) is 5.24. The molecule has 0 spiro atoms. The number of rotatable bonds is 10. The summed E-state index contributed by atoms with van der Waals surface area (Å²) in [5.74, 6) is -2.63. The van der Waals surface area contributed by atoms with Crippen molar-refractivity contribution in [1.29, 1.82) is 0 Å². The van der Waals surface area contributed by atoms with Crippen molar-refractivity contribution in [2.45, 2.75) is 72.1 Å². The topological polar surface area (TPSA) is 107 Å². The fourth-order valence-electron chi connectivity index (χ4n) is 4.00. The number of ketones is 2. The van der Waals surface area contributed by atoms with Crippen LogP contribution >= 0.6 is 0 Å². The minimum Gasteiger partial charge on any atom is -0.508 e. The van der Waals surface area contributed by atoms with Crippen molar-refractivity contribution in [1.82, 2.24) is 0 Å². The van der Waals surface area contributed by atoms with Crippen LogP contribution in [0.1, 0.15) is 103 Å². The molecule has 0 bridgehead atoms. The van der Waals surface area contributed by atoms with Crippen LogP contribution in [0.4, 0.5) is 0 Å². The van der Waals surface area contributed by atoms with Gasteiger partial charge in [-0.25, -0.2) is 0 Å². The molecule has 0 heterocycles. The average Bonchev–Trinajstić information content (AvgIpc) is 2.77. The van der Waals surface area contributed by atoms with Crippen LogP contribution in [0.2, 0.25) is 0 Å². The molecule has 0 saturated heterocycles. The first-order valence-electron chi connectivity index (χ1n) is 11.8. The molecular weight excluding hydrogens is 436 g/mol. The molecule has 34 heavy (non-hydrogen) atoms. The number of aryl methyl sites for hydroxylation is 1. The highest BCUT2D eigenvalue weighted by Crippen LogP contribution is 2.40. The summed E-state index contributed by atoms with van der Waals surface area (Å²) in [5.41, 5.74) is 0.508. The van der Waals surface area contributed by atoms with Gasteiger partial charge in [0.25, 0.3) is 0 Å². The molecule has 2 aromatic rings. The van der Waals surface area contributed by atoms with Gasteiger partial charge in [0, 0.05) is 30.0 Å². The Bertz CT molecular complexity index is 1040. The SMILES string of the molecule is CCCCCC(=O)Oc1cc(C)cc2c1C(=O)c1c(OC(=O)CCCCC)cc(O)cc1C2=O. The third kappa shape index (κ3) is 5.53. The molecular formula is C27H30O7. The second-order valence-electron chi connectivity index (χ2n) is 8.57. The molecule has 0 fully saturated rings. The Labute approximate surface area is 199 Å². The lowest BCUT2D eigenvalue weighted by Gasteiger charge is -2.22. The van der Waals surface area contributed by atoms with Gasteiger partial charge in [0.2, 0.25) is 5.78 Å². The van der Waals surface area contributed by atoms with Gasteiger partial charge in [-0.15, -0.1) is 0 Å². The molecule has 0 unspecified atom stereocenters. The van der Waals surface area contributed by atoms with Crippen LogP contribution in [-0.2, 0) is 9.59 Å². The highest BCUT2D eigenvalue weighted by molar-refractivity contribution is 6.30. The van der Waals surface area contributed by atoms with E-state index in [9.17, 15) is 24.3 Å². The van der Waals surface area contributed by atoms with Crippen LogP contribution in [-0.4, -0.2) is 28.6 Å². The molecule has 7 nitrogen and oxygen atoms in total. The Balaban J connectivity index is 2.00. The average molecular weight is 467 g/mol. The Morgan fingerprint density at radius 3 is 1.76 bits per heavy atom. The highest BCUT2D eigenvalue weighted by Gasteiger charge is 2.36. The molecule has 0 atom stereocenters. The van der Waals surface area contributed by atoms with Crippen molar-refractivity contribution in [3.63, 3.8) is 0 Å². The highest BCUT2D eigenvalue weighted by atomic mass is 16.5. The molecule has 180 valence electrons. The van der Waals surface area contributed by atoms with E-state index in [1.807, 2.05) is 13.8 Å². The first-order valence-corrected chi connectivity index (χ1v) is 11.8. The quantitative estimate of drug-likeness (QED) is 0.241. The minimum absolute atomic E-state index is 0.00814. The van der Waals surface area contributed by atoms with E-state index in [1.165, 1.54) is 6.07 Å². The Morgan fingerprint density at radius 2 is 1.24 bits per heavy atom.